The van der Waals surface area contributed by atoms with Crippen LogP contribution in [-0.4, -0.2) is 32.6 Å². The summed E-state index contributed by atoms with van der Waals surface area (Å²) in [5, 5.41) is 16.9. The number of carboxylic acids is 1. The molecule has 0 radical (unpaired) electrons. The van der Waals surface area contributed by atoms with Crippen LogP contribution < -0.4 is 10.6 Å². The number of unbranched alkanes of at least 4 members (excludes halogenated alkanes) is 1. The van der Waals surface area contributed by atoms with Crippen molar-refractivity contribution in [1.82, 2.24) is 14.9 Å². The van der Waals surface area contributed by atoms with Crippen molar-refractivity contribution in [3.05, 3.63) is 6.20 Å². The minimum Gasteiger partial charge on any atom is -0.481 e. The van der Waals surface area contributed by atoms with Crippen LogP contribution in [0.3, 0.4) is 0 Å². The van der Waals surface area contributed by atoms with E-state index in [1.54, 1.807) is 0 Å². The molecule has 9 heteroatoms. The van der Waals surface area contributed by atoms with Crippen molar-refractivity contribution >= 4 is 34.4 Å². The third kappa shape index (κ3) is 5.89. The molecule has 0 aromatic carbocycles. The third-order valence-electron chi connectivity index (χ3n) is 1.90. The maximum absolute atomic E-state index is 11.3. The Morgan fingerprint density at radius 1 is 1.28 bits per heavy atom. The van der Waals surface area contributed by atoms with Gasteiger partial charge in [-0.05, 0) is 12.8 Å². The highest BCUT2D eigenvalue weighted by Gasteiger charge is 2.09. The largest absolute Gasteiger partial charge is 0.481 e. The highest BCUT2D eigenvalue weighted by Crippen LogP contribution is 2.08. The monoisotopic (exact) mass is 272 g/mol. The number of urea groups is 1. The van der Waals surface area contributed by atoms with E-state index in [0.29, 0.717) is 17.8 Å². The van der Waals surface area contributed by atoms with Gasteiger partial charge in [-0.2, -0.15) is 0 Å². The van der Waals surface area contributed by atoms with Gasteiger partial charge in [0.15, 0.2) is 0 Å². The molecule has 3 N–H and O–H groups in total. The van der Waals surface area contributed by atoms with Crippen molar-refractivity contribution in [3.63, 3.8) is 0 Å². The predicted molar refractivity (Wildman–Crippen MR) is 63.2 cm³/mol. The van der Waals surface area contributed by atoms with Gasteiger partial charge in [-0.25, -0.2) is 4.79 Å². The molecule has 98 valence electrons. The lowest BCUT2D eigenvalue weighted by Gasteiger charge is -2.03. The van der Waals surface area contributed by atoms with Gasteiger partial charge in [-0.15, -0.1) is 5.10 Å². The van der Waals surface area contributed by atoms with Crippen molar-refractivity contribution < 1.29 is 19.5 Å². The number of aromatic nitrogens is 2. The summed E-state index contributed by atoms with van der Waals surface area (Å²) in [7, 11) is 0. The summed E-state index contributed by atoms with van der Waals surface area (Å²) in [6, 6.07) is -0.649. The number of imide groups is 1. The second-order valence-corrected chi connectivity index (χ2v) is 4.17. The molecule has 0 aliphatic heterocycles. The first kappa shape index (κ1) is 14.0. The number of carbonyl (C=O) groups excluding carboxylic acids is 2. The SMILES string of the molecule is O=C(O)CCCCC(=O)NC(=O)Nc1cnns1. The zero-order chi connectivity index (χ0) is 13.4. The first-order valence-corrected chi connectivity index (χ1v) is 5.95. The maximum atomic E-state index is 11.3. The molecule has 0 saturated heterocycles. The summed E-state index contributed by atoms with van der Waals surface area (Å²) in [4.78, 5) is 32.8. The van der Waals surface area contributed by atoms with Gasteiger partial charge in [0.2, 0.25) is 5.91 Å². The lowest BCUT2D eigenvalue weighted by molar-refractivity contribution is -0.137. The molecule has 0 bridgehead atoms. The Bertz CT molecular complexity index is 420. The number of hydrogen-bond acceptors (Lipinski definition) is 6. The van der Waals surface area contributed by atoms with Gasteiger partial charge in [0.25, 0.3) is 0 Å². The first-order chi connectivity index (χ1) is 8.58. The van der Waals surface area contributed by atoms with E-state index >= 15 is 0 Å². The summed E-state index contributed by atoms with van der Waals surface area (Å²) in [5.74, 6) is -1.35. The van der Waals surface area contributed by atoms with Gasteiger partial charge in [0.1, 0.15) is 5.00 Å². The molecule has 1 rings (SSSR count). The number of anilines is 1. The number of carboxylic acid groups (broad SMARTS) is 1. The van der Waals surface area contributed by atoms with Crippen molar-refractivity contribution in [2.24, 2.45) is 0 Å². The molecular formula is C9H12N4O4S. The Morgan fingerprint density at radius 3 is 2.61 bits per heavy atom. The number of nitrogens with zero attached hydrogens (tertiary/aromatic N) is 2. The van der Waals surface area contributed by atoms with Crippen molar-refractivity contribution in [1.29, 1.82) is 0 Å². The Balaban J connectivity index is 2.15. The quantitative estimate of drug-likeness (QED) is 0.659. The minimum absolute atomic E-state index is 0.0199. The average molecular weight is 272 g/mol. The highest BCUT2D eigenvalue weighted by atomic mass is 32.1. The zero-order valence-electron chi connectivity index (χ0n) is 9.38. The van der Waals surface area contributed by atoms with Gasteiger partial charge in [0, 0.05) is 24.4 Å². The third-order valence-corrected chi connectivity index (χ3v) is 2.48. The van der Waals surface area contributed by atoms with Crippen LogP contribution in [0.4, 0.5) is 9.80 Å². The molecule has 8 nitrogen and oxygen atoms in total. The maximum Gasteiger partial charge on any atom is 0.326 e. The molecule has 1 heterocycles. The first-order valence-electron chi connectivity index (χ1n) is 5.18. The summed E-state index contributed by atoms with van der Waals surface area (Å²) in [6.45, 7) is 0. The van der Waals surface area contributed by atoms with E-state index in [1.807, 2.05) is 0 Å². The Kier molecular flexibility index (Phi) is 5.71. The summed E-state index contributed by atoms with van der Waals surface area (Å²) in [6.07, 6.45) is 2.33. The number of amides is 3. The zero-order valence-corrected chi connectivity index (χ0v) is 10.2. The van der Waals surface area contributed by atoms with Crippen LogP contribution in [-0.2, 0) is 9.59 Å². The number of hydrogen-bond donors (Lipinski definition) is 3. The van der Waals surface area contributed by atoms with Gasteiger partial charge < -0.3 is 5.11 Å². The van der Waals surface area contributed by atoms with E-state index < -0.39 is 17.9 Å². The fourth-order valence-corrected chi connectivity index (χ4v) is 1.53. The minimum atomic E-state index is -0.897. The Hall–Kier alpha value is -2.03. The van der Waals surface area contributed by atoms with Crippen LogP contribution in [0.1, 0.15) is 25.7 Å². The molecule has 0 fully saturated rings. The molecule has 0 aliphatic rings. The Morgan fingerprint density at radius 2 is 2.00 bits per heavy atom. The molecular weight excluding hydrogens is 260 g/mol. The van der Waals surface area contributed by atoms with E-state index in [0.717, 1.165) is 11.5 Å². The van der Waals surface area contributed by atoms with E-state index in [9.17, 15) is 14.4 Å². The molecule has 0 unspecified atom stereocenters. The number of carbonyl (C=O) groups is 3. The molecule has 0 saturated carbocycles. The number of aliphatic carboxylic acids is 1. The molecule has 18 heavy (non-hydrogen) atoms. The lowest BCUT2D eigenvalue weighted by atomic mass is 10.2. The number of nitrogens with one attached hydrogen (secondary N) is 2. The molecule has 3 amide bonds. The topological polar surface area (TPSA) is 121 Å². The predicted octanol–water partition coefficient (Wildman–Crippen LogP) is 0.831. The van der Waals surface area contributed by atoms with Gasteiger partial charge in [-0.1, -0.05) is 4.49 Å². The average Bonchev–Trinajstić information content (AvgIpc) is 2.76. The van der Waals surface area contributed by atoms with E-state index in [2.05, 4.69) is 20.2 Å². The van der Waals surface area contributed by atoms with Crippen LogP contribution in [0.5, 0.6) is 0 Å². The fourth-order valence-electron chi connectivity index (χ4n) is 1.12. The second kappa shape index (κ2) is 7.33. The van der Waals surface area contributed by atoms with Gasteiger partial charge in [0.05, 0.1) is 6.20 Å². The highest BCUT2D eigenvalue weighted by molar-refractivity contribution is 7.10. The smallest absolute Gasteiger partial charge is 0.326 e. The van der Waals surface area contributed by atoms with Crippen molar-refractivity contribution in [3.8, 4) is 0 Å². The molecule has 1 aromatic rings. The van der Waals surface area contributed by atoms with Crippen LogP contribution >= 0.6 is 11.5 Å². The molecule has 0 spiro atoms. The second-order valence-electron chi connectivity index (χ2n) is 3.38. The van der Waals surface area contributed by atoms with Crippen LogP contribution in [0.2, 0.25) is 0 Å². The summed E-state index contributed by atoms with van der Waals surface area (Å²) >= 11 is 0.993. The molecule has 0 atom stereocenters. The fraction of sp³-hybridized carbons (Fsp3) is 0.444. The van der Waals surface area contributed by atoms with Gasteiger partial charge in [-0.3, -0.25) is 20.2 Å². The standard InChI is InChI=1S/C9H12N4O4S/c14-6(3-1-2-4-8(15)16)11-9(17)12-7-5-10-13-18-7/h5H,1-4H2,(H,15,16)(H2,11,12,14,17). The summed E-state index contributed by atoms with van der Waals surface area (Å²) < 4.78 is 3.54. The summed E-state index contributed by atoms with van der Waals surface area (Å²) in [5.41, 5.74) is 0. The van der Waals surface area contributed by atoms with E-state index in [4.69, 9.17) is 5.11 Å². The van der Waals surface area contributed by atoms with Crippen LogP contribution in [0.15, 0.2) is 6.20 Å². The van der Waals surface area contributed by atoms with Crippen LogP contribution in [0.25, 0.3) is 0 Å². The Labute approximate surface area is 107 Å². The van der Waals surface area contributed by atoms with Crippen LogP contribution in [0, 0.1) is 0 Å². The van der Waals surface area contributed by atoms with Crippen molar-refractivity contribution in [2.75, 3.05) is 5.32 Å². The van der Waals surface area contributed by atoms with E-state index in [1.165, 1.54) is 6.20 Å². The number of rotatable bonds is 6. The van der Waals surface area contributed by atoms with E-state index in [-0.39, 0.29) is 12.8 Å². The normalized spacial score (nSPS) is 9.78. The van der Waals surface area contributed by atoms with Crippen molar-refractivity contribution in [2.45, 2.75) is 25.7 Å². The molecule has 1 aromatic heterocycles. The molecule has 0 aliphatic carbocycles. The van der Waals surface area contributed by atoms with Gasteiger partial charge >= 0.3 is 12.0 Å². The lowest BCUT2D eigenvalue weighted by Crippen LogP contribution is -2.33.